The van der Waals surface area contributed by atoms with Gasteiger partial charge in [-0.05, 0) is 48.2 Å². The molecule has 0 aliphatic rings. The van der Waals surface area contributed by atoms with Crippen LogP contribution in [0.5, 0.6) is 0 Å². The smallest absolute Gasteiger partial charge is 0.145 e. The van der Waals surface area contributed by atoms with Crippen LogP contribution in [0.3, 0.4) is 0 Å². The molecule has 0 atom stereocenters. The minimum atomic E-state index is -0.212. The Balaban J connectivity index is 2.32. The molecule has 0 aliphatic carbocycles. The number of pyridine rings is 1. The van der Waals surface area contributed by atoms with Crippen molar-refractivity contribution in [3.05, 3.63) is 60.0 Å². The number of nitrogens with zero attached hydrogens (tertiary/aromatic N) is 2. The first kappa shape index (κ1) is 10.5. The zero-order chi connectivity index (χ0) is 13.0. The van der Waals surface area contributed by atoms with Gasteiger partial charge in [0.1, 0.15) is 11.5 Å². The van der Waals surface area contributed by atoms with E-state index in [1.807, 2.05) is 37.4 Å². The van der Waals surface area contributed by atoms with Crippen molar-refractivity contribution in [3.63, 3.8) is 0 Å². The molecule has 2 aromatic carbocycles. The van der Waals surface area contributed by atoms with Gasteiger partial charge in [0.15, 0.2) is 0 Å². The summed E-state index contributed by atoms with van der Waals surface area (Å²) in [6, 6.07) is 12.9. The summed E-state index contributed by atoms with van der Waals surface area (Å²) in [4.78, 5) is 4.65. The summed E-state index contributed by atoms with van der Waals surface area (Å²) < 4.78 is 15.5. The molecule has 4 aromatic rings. The maximum absolute atomic E-state index is 13.4. The number of aryl methyl sites for hydroxylation is 1. The van der Waals surface area contributed by atoms with E-state index in [0.717, 1.165) is 33.0 Å². The van der Waals surface area contributed by atoms with Crippen LogP contribution >= 0.6 is 0 Å². The number of para-hydroxylation sites is 2. The van der Waals surface area contributed by atoms with Gasteiger partial charge in [-0.15, -0.1) is 0 Å². The molecule has 0 spiro atoms. The first-order valence-electron chi connectivity index (χ1n) is 6.20. The maximum atomic E-state index is 13.4. The third kappa shape index (κ3) is 1.38. The predicted octanol–water partition coefficient (Wildman–Crippen LogP) is 4.09. The van der Waals surface area contributed by atoms with Crippen LogP contribution in [-0.4, -0.2) is 9.38 Å². The number of imidazole rings is 1. The zero-order valence-electron chi connectivity index (χ0n) is 10.4. The quantitative estimate of drug-likeness (QED) is 0.459. The minimum Gasteiger partial charge on any atom is -0.299 e. The number of halogens is 1. The van der Waals surface area contributed by atoms with E-state index in [4.69, 9.17) is 0 Å². The van der Waals surface area contributed by atoms with Crippen LogP contribution in [0, 0.1) is 12.7 Å². The van der Waals surface area contributed by atoms with Gasteiger partial charge in [-0.2, -0.15) is 0 Å². The van der Waals surface area contributed by atoms with Crippen molar-refractivity contribution in [2.75, 3.05) is 0 Å². The first-order chi connectivity index (χ1) is 9.24. The molecule has 92 valence electrons. The average Bonchev–Trinajstić information content (AvgIpc) is 2.78. The molecule has 0 aliphatic heterocycles. The first-order valence-corrected chi connectivity index (χ1v) is 6.20. The molecule has 4 rings (SSSR count). The Hall–Kier alpha value is -2.42. The Morgan fingerprint density at radius 2 is 1.89 bits per heavy atom. The number of benzene rings is 2. The second kappa shape index (κ2) is 3.54. The van der Waals surface area contributed by atoms with E-state index in [1.54, 1.807) is 12.1 Å². The molecule has 0 radical (unpaired) electrons. The largest absolute Gasteiger partial charge is 0.299 e. The van der Waals surface area contributed by atoms with Crippen LogP contribution in [0.15, 0.2) is 48.7 Å². The molecule has 3 heteroatoms. The Kier molecular flexibility index (Phi) is 1.96. The molecule has 0 N–H and O–H groups in total. The van der Waals surface area contributed by atoms with Crippen LogP contribution in [0.2, 0.25) is 0 Å². The van der Waals surface area contributed by atoms with E-state index >= 15 is 0 Å². The lowest BCUT2D eigenvalue weighted by atomic mass is 10.1. The number of hydrogen-bond donors (Lipinski definition) is 0. The maximum Gasteiger partial charge on any atom is 0.145 e. The van der Waals surface area contributed by atoms with Crippen LogP contribution in [0.4, 0.5) is 4.39 Å². The van der Waals surface area contributed by atoms with E-state index in [-0.39, 0.29) is 5.82 Å². The number of fused-ring (bicyclic) bond motifs is 5. The summed E-state index contributed by atoms with van der Waals surface area (Å²) in [5.41, 5.74) is 3.96. The molecular formula is C16H11FN2. The summed E-state index contributed by atoms with van der Waals surface area (Å²) in [6.07, 6.45) is 2.02. The molecule has 0 amide bonds. The van der Waals surface area contributed by atoms with Gasteiger partial charge in [-0.3, -0.25) is 4.40 Å². The highest BCUT2D eigenvalue weighted by molar-refractivity contribution is 5.99. The van der Waals surface area contributed by atoms with Gasteiger partial charge in [0.25, 0.3) is 0 Å². The van der Waals surface area contributed by atoms with E-state index in [0.29, 0.717) is 0 Å². The Bertz CT molecular complexity index is 938. The predicted molar refractivity (Wildman–Crippen MR) is 74.9 cm³/mol. The highest BCUT2D eigenvalue weighted by atomic mass is 19.1. The van der Waals surface area contributed by atoms with Crippen LogP contribution in [-0.2, 0) is 0 Å². The standard InChI is InChI=1S/C16H11FN2/c1-10-9-19-15-5-3-2-4-14(15)18-16(19)12-7-6-11(17)8-13(10)12/h2-9H,1H3. The van der Waals surface area contributed by atoms with Crippen molar-refractivity contribution in [2.24, 2.45) is 0 Å². The Labute approximate surface area is 109 Å². The second-order valence-corrected chi connectivity index (χ2v) is 4.80. The van der Waals surface area contributed by atoms with E-state index < -0.39 is 0 Å². The highest BCUT2D eigenvalue weighted by Crippen LogP contribution is 2.27. The molecule has 2 nitrogen and oxygen atoms in total. The second-order valence-electron chi connectivity index (χ2n) is 4.80. The van der Waals surface area contributed by atoms with Crippen molar-refractivity contribution in [1.29, 1.82) is 0 Å². The van der Waals surface area contributed by atoms with E-state index in [1.165, 1.54) is 6.07 Å². The lowest BCUT2D eigenvalue weighted by Crippen LogP contribution is -1.90. The van der Waals surface area contributed by atoms with Gasteiger partial charge in [-0.1, -0.05) is 12.1 Å². The number of aromatic nitrogens is 2. The van der Waals surface area contributed by atoms with Crippen molar-refractivity contribution in [2.45, 2.75) is 6.92 Å². The Morgan fingerprint density at radius 1 is 1.05 bits per heavy atom. The van der Waals surface area contributed by atoms with Gasteiger partial charge in [0.2, 0.25) is 0 Å². The van der Waals surface area contributed by atoms with Crippen molar-refractivity contribution >= 4 is 27.5 Å². The molecular weight excluding hydrogens is 239 g/mol. The monoisotopic (exact) mass is 250 g/mol. The summed E-state index contributed by atoms with van der Waals surface area (Å²) in [5, 5.41) is 1.90. The van der Waals surface area contributed by atoms with Gasteiger partial charge in [0.05, 0.1) is 11.0 Å². The topological polar surface area (TPSA) is 17.3 Å². The fourth-order valence-corrected chi connectivity index (χ4v) is 2.67. The molecule has 2 aromatic heterocycles. The lowest BCUT2D eigenvalue weighted by molar-refractivity contribution is 0.629. The molecule has 0 saturated carbocycles. The summed E-state index contributed by atoms with van der Waals surface area (Å²) in [6.45, 7) is 2.00. The van der Waals surface area contributed by atoms with Crippen LogP contribution in [0.1, 0.15) is 5.56 Å². The molecule has 0 fully saturated rings. The third-order valence-corrected chi connectivity index (χ3v) is 3.57. The van der Waals surface area contributed by atoms with Crippen LogP contribution < -0.4 is 0 Å². The van der Waals surface area contributed by atoms with Gasteiger partial charge in [-0.25, -0.2) is 9.37 Å². The Morgan fingerprint density at radius 3 is 2.79 bits per heavy atom. The lowest BCUT2D eigenvalue weighted by Gasteiger charge is -2.05. The molecule has 19 heavy (non-hydrogen) atoms. The van der Waals surface area contributed by atoms with E-state index in [9.17, 15) is 4.39 Å². The molecule has 0 saturated heterocycles. The fourth-order valence-electron chi connectivity index (χ4n) is 2.67. The molecule has 2 heterocycles. The van der Waals surface area contributed by atoms with Gasteiger partial charge in [0, 0.05) is 11.6 Å². The minimum absolute atomic E-state index is 0.212. The summed E-state index contributed by atoms with van der Waals surface area (Å²) in [5.74, 6) is -0.212. The van der Waals surface area contributed by atoms with Crippen molar-refractivity contribution in [1.82, 2.24) is 9.38 Å². The van der Waals surface area contributed by atoms with E-state index in [2.05, 4.69) is 9.38 Å². The summed E-state index contributed by atoms with van der Waals surface area (Å²) in [7, 11) is 0. The fraction of sp³-hybridized carbons (Fsp3) is 0.0625. The van der Waals surface area contributed by atoms with Gasteiger partial charge >= 0.3 is 0 Å². The summed E-state index contributed by atoms with van der Waals surface area (Å²) >= 11 is 0. The average molecular weight is 250 g/mol. The SMILES string of the molecule is Cc1cn2c3ccccc3nc2c2ccc(F)cc12. The van der Waals surface area contributed by atoms with Crippen LogP contribution in [0.25, 0.3) is 27.5 Å². The number of rotatable bonds is 0. The zero-order valence-corrected chi connectivity index (χ0v) is 10.4. The number of hydrogen-bond acceptors (Lipinski definition) is 1. The third-order valence-electron chi connectivity index (χ3n) is 3.57. The molecule has 0 bridgehead atoms. The normalized spacial score (nSPS) is 11.7. The van der Waals surface area contributed by atoms with Crippen molar-refractivity contribution < 1.29 is 4.39 Å². The highest BCUT2D eigenvalue weighted by Gasteiger charge is 2.10. The van der Waals surface area contributed by atoms with Crippen molar-refractivity contribution in [3.8, 4) is 0 Å². The van der Waals surface area contributed by atoms with Gasteiger partial charge < -0.3 is 0 Å². The molecule has 0 unspecified atom stereocenters.